The summed E-state index contributed by atoms with van der Waals surface area (Å²) in [6, 6.07) is 10.3. The molecule has 8 heteroatoms. The quantitative estimate of drug-likeness (QED) is 0.795. The van der Waals surface area contributed by atoms with Gasteiger partial charge in [0.15, 0.2) is 5.76 Å². The molecule has 0 atom stereocenters. The van der Waals surface area contributed by atoms with Gasteiger partial charge in [0.2, 0.25) is 0 Å². The van der Waals surface area contributed by atoms with Crippen molar-refractivity contribution in [3.63, 3.8) is 0 Å². The van der Waals surface area contributed by atoms with Gasteiger partial charge < -0.3 is 24.3 Å². The van der Waals surface area contributed by atoms with Crippen LogP contribution in [0.4, 0.5) is 4.79 Å². The summed E-state index contributed by atoms with van der Waals surface area (Å²) in [6.07, 6.45) is 2.21. The van der Waals surface area contributed by atoms with Gasteiger partial charge in [-0.25, -0.2) is 4.79 Å². The summed E-state index contributed by atoms with van der Waals surface area (Å²) in [4.78, 5) is 28.1. The molecule has 2 aromatic rings. The smallest absolute Gasteiger partial charge is 0.317 e. The molecule has 1 saturated heterocycles. The monoisotopic (exact) mass is 391 g/mol. The number of carbonyl (C=O) groups is 2. The van der Waals surface area contributed by atoms with E-state index in [1.807, 2.05) is 0 Å². The molecular weight excluding hydrogens is 370 g/mol. The molecule has 0 unspecified atom stereocenters. The van der Waals surface area contributed by atoms with Crippen LogP contribution in [0, 0.1) is 0 Å². The Hall–Kier alpha value is -2.67. The lowest BCUT2D eigenvalue weighted by Gasteiger charge is -2.22. The highest BCUT2D eigenvalue weighted by atomic mass is 35.5. The molecule has 0 bridgehead atoms. The zero-order valence-corrected chi connectivity index (χ0v) is 15.7. The van der Waals surface area contributed by atoms with Crippen molar-refractivity contribution in [2.75, 3.05) is 39.3 Å². The van der Waals surface area contributed by atoms with Crippen LogP contribution < -0.4 is 10.1 Å². The number of ether oxygens (including phenoxy) is 1. The Morgan fingerprint density at radius 2 is 1.81 bits per heavy atom. The number of carbonyl (C=O) groups excluding carboxylic acids is 2. The van der Waals surface area contributed by atoms with Crippen LogP contribution in [0.3, 0.4) is 0 Å². The lowest BCUT2D eigenvalue weighted by atomic mass is 10.3. The van der Waals surface area contributed by atoms with Crippen molar-refractivity contribution in [3.05, 3.63) is 53.4 Å². The number of halogens is 1. The number of furan rings is 1. The molecule has 27 heavy (non-hydrogen) atoms. The van der Waals surface area contributed by atoms with Gasteiger partial charge in [-0.3, -0.25) is 4.79 Å². The number of nitrogens with zero attached hydrogens (tertiary/aromatic N) is 2. The van der Waals surface area contributed by atoms with Gasteiger partial charge in [0.05, 0.1) is 12.8 Å². The van der Waals surface area contributed by atoms with Crippen molar-refractivity contribution < 1.29 is 18.7 Å². The highest BCUT2D eigenvalue weighted by Gasteiger charge is 2.23. The van der Waals surface area contributed by atoms with Crippen LogP contribution in [0.25, 0.3) is 0 Å². The van der Waals surface area contributed by atoms with E-state index in [0.717, 1.165) is 6.42 Å². The number of rotatable bonds is 5. The van der Waals surface area contributed by atoms with E-state index >= 15 is 0 Å². The second-order valence-corrected chi connectivity index (χ2v) is 6.58. The topological polar surface area (TPSA) is 75.0 Å². The number of benzene rings is 1. The Balaban J connectivity index is 1.40. The molecule has 144 valence electrons. The van der Waals surface area contributed by atoms with Crippen molar-refractivity contribution >= 4 is 23.5 Å². The average molecular weight is 392 g/mol. The minimum atomic E-state index is -0.151. The molecule has 1 N–H and O–H groups in total. The van der Waals surface area contributed by atoms with Crippen molar-refractivity contribution in [1.29, 1.82) is 0 Å². The predicted molar refractivity (Wildman–Crippen MR) is 101 cm³/mol. The van der Waals surface area contributed by atoms with Gasteiger partial charge in [0, 0.05) is 31.2 Å². The first kappa shape index (κ1) is 19.1. The van der Waals surface area contributed by atoms with Crippen LogP contribution >= 0.6 is 11.6 Å². The zero-order chi connectivity index (χ0) is 19.1. The van der Waals surface area contributed by atoms with Crippen molar-refractivity contribution in [2.45, 2.75) is 6.42 Å². The molecular formula is C19H22ClN3O4. The van der Waals surface area contributed by atoms with E-state index in [-0.39, 0.29) is 11.9 Å². The molecule has 0 aliphatic carbocycles. The molecule has 1 aliphatic heterocycles. The van der Waals surface area contributed by atoms with Crippen LogP contribution in [0.15, 0.2) is 47.1 Å². The number of amides is 3. The second-order valence-electron chi connectivity index (χ2n) is 6.14. The fourth-order valence-corrected chi connectivity index (χ4v) is 2.98. The fraction of sp³-hybridized carbons (Fsp3) is 0.368. The highest BCUT2D eigenvalue weighted by molar-refractivity contribution is 6.30. The van der Waals surface area contributed by atoms with E-state index in [1.54, 1.807) is 46.2 Å². The van der Waals surface area contributed by atoms with Gasteiger partial charge in [0.1, 0.15) is 12.4 Å². The molecule has 0 radical (unpaired) electrons. The third kappa shape index (κ3) is 5.40. The first-order valence-corrected chi connectivity index (χ1v) is 9.25. The Labute approximate surface area is 162 Å². The minimum Gasteiger partial charge on any atom is -0.492 e. The zero-order valence-electron chi connectivity index (χ0n) is 14.9. The third-order valence-electron chi connectivity index (χ3n) is 4.26. The normalized spacial score (nSPS) is 14.6. The summed E-state index contributed by atoms with van der Waals surface area (Å²) in [5.74, 6) is 0.890. The molecule has 0 saturated carbocycles. The average Bonchev–Trinajstić information content (AvgIpc) is 3.10. The Kier molecular flexibility index (Phi) is 6.59. The molecule has 3 amide bonds. The van der Waals surface area contributed by atoms with Crippen molar-refractivity contribution in [3.8, 4) is 5.75 Å². The molecule has 1 aromatic carbocycles. The Morgan fingerprint density at radius 1 is 1.07 bits per heavy atom. The minimum absolute atomic E-state index is 0.140. The summed E-state index contributed by atoms with van der Waals surface area (Å²) in [5.41, 5.74) is 0. The third-order valence-corrected chi connectivity index (χ3v) is 4.51. The van der Waals surface area contributed by atoms with E-state index in [1.165, 1.54) is 6.26 Å². The van der Waals surface area contributed by atoms with Crippen LogP contribution in [0.2, 0.25) is 5.02 Å². The number of nitrogens with one attached hydrogen (secondary N) is 1. The summed E-state index contributed by atoms with van der Waals surface area (Å²) < 4.78 is 10.7. The molecule has 3 rings (SSSR count). The molecule has 7 nitrogen and oxygen atoms in total. The van der Waals surface area contributed by atoms with Crippen molar-refractivity contribution in [2.24, 2.45) is 0 Å². The van der Waals surface area contributed by atoms with Gasteiger partial charge in [0.25, 0.3) is 5.91 Å². The van der Waals surface area contributed by atoms with Crippen molar-refractivity contribution in [1.82, 2.24) is 15.1 Å². The first-order valence-electron chi connectivity index (χ1n) is 8.87. The summed E-state index contributed by atoms with van der Waals surface area (Å²) >= 11 is 5.82. The SMILES string of the molecule is O=C(NCCOc1ccc(Cl)cc1)N1CCCN(C(=O)c2ccco2)CC1. The highest BCUT2D eigenvalue weighted by Crippen LogP contribution is 2.15. The summed E-state index contributed by atoms with van der Waals surface area (Å²) in [6.45, 7) is 2.93. The lowest BCUT2D eigenvalue weighted by Crippen LogP contribution is -2.43. The fourth-order valence-electron chi connectivity index (χ4n) is 2.85. The summed E-state index contributed by atoms with van der Waals surface area (Å²) in [5, 5.41) is 3.50. The molecule has 0 spiro atoms. The number of urea groups is 1. The standard InChI is InChI=1S/C19H22ClN3O4/c20-15-4-6-16(7-5-15)26-14-8-21-19(25)23-10-2-9-22(11-12-23)18(24)17-3-1-13-27-17/h1,3-7,13H,2,8-12,14H2,(H,21,25). The van der Waals surface area contributed by atoms with Crippen LogP contribution in [0.1, 0.15) is 17.0 Å². The Bertz CT molecular complexity index is 749. The van der Waals surface area contributed by atoms with E-state index in [2.05, 4.69) is 5.32 Å². The Morgan fingerprint density at radius 3 is 2.56 bits per heavy atom. The summed E-state index contributed by atoms with van der Waals surface area (Å²) in [7, 11) is 0. The van der Waals surface area contributed by atoms with Gasteiger partial charge >= 0.3 is 6.03 Å². The maximum absolute atomic E-state index is 12.3. The van der Waals surface area contributed by atoms with Gasteiger partial charge in [-0.15, -0.1) is 0 Å². The van der Waals surface area contributed by atoms with E-state index in [4.69, 9.17) is 20.8 Å². The second kappa shape index (κ2) is 9.32. The molecule has 1 aliphatic rings. The maximum Gasteiger partial charge on any atom is 0.317 e. The van der Waals surface area contributed by atoms with Gasteiger partial charge in [-0.05, 0) is 42.8 Å². The largest absolute Gasteiger partial charge is 0.492 e. The van der Waals surface area contributed by atoms with E-state index < -0.39 is 0 Å². The lowest BCUT2D eigenvalue weighted by molar-refractivity contribution is 0.0730. The van der Waals surface area contributed by atoms with Crippen LogP contribution in [-0.4, -0.2) is 61.1 Å². The van der Waals surface area contributed by atoms with Gasteiger partial charge in [-0.1, -0.05) is 11.6 Å². The van der Waals surface area contributed by atoms with Crippen LogP contribution in [-0.2, 0) is 0 Å². The molecule has 1 fully saturated rings. The molecule has 2 heterocycles. The number of hydrogen-bond donors (Lipinski definition) is 1. The first-order chi connectivity index (χ1) is 13.1. The van der Waals surface area contributed by atoms with E-state index in [9.17, 15) is 9.59 Å². The predicted octanol–water partition coefficient (Wildman–Crippen LogP) is 2.87. The maximum atomic E-state index is 12.3. The van der Waals surface area contributed by atoms with Crippen LogP contribution in [0.5, 0.6) is 5.75 Å². The molecule has 1 aromatic heterocycles. The number of hydrogen-bond acceptors (Lipinski definition) is 4. The van der Waals surface area contributed by atoms with E-state index in [0.29, 0.717) is 55.9 Å². The van der Waals surface area contributed by atoms with Gasteiger partial charge in [-0.2, -0.15) is 0 Å².